The minimum atomic E-state index is 0. The van der Waals surface area contributed by atoms with E-state index in [-0.39, 0.29) is 20.1 Å². The monoisotopic (exact) mass is 653 g/mol. The Morgan fingerprint density at radius 3 is 1.94 bits per heavy atom. The molecule has 1 aliphatic carbocycles. The van der Waals surface area contributed by atoms with Gasteiger partial charge in [0.05, 0.1) is 5.52 Å². The molecule has 36 heavy (non-hydrogen) atoms. The van der Waals surface area contributed by atoms with Crippen LogP contribution in [0.4, 0.5) is 0 Å². The number of rotatable bonds is 13. The van der Waals surface area contributed by atoms with Crippen LogP contribution in [0.5, 0.6) is 0 Å². The second-order valence-corrected chi connectivity index (χ2v) is 10.2. The maximum atomic E-state index is 5.02. The summed E-state index contributed by atoms with van der Waals surface area (Å²) in [6.45, 7) is 2.29. The van der Waals surface area contributed by atoms with E-state index in [1.807, 2.05) is 0 Å². The molecule has 1 heterocycles. The number of benzene rings is 3. The molecule has 3 aromatic carbocycles. The van der Waals surface area contributed by atoms with E-state index in [1.165, 1.54) is 104 Å². The molecule has 1 aliphatic rings. The Labute approximate surface area is 231 Å². The number of fused-ring (bicyclic) bond motifs is 3. The van der Waals surface area contributed by atoms with Crippen molar-refractivity contribution >= 4 is 10.9 Å². The van der Waals surface area contributed by atoms with E-state index in [0.29, 0.717) is 0 Å². The minimum absolute atomic E-state index is 0. The summed E-state index contributed by atoms with van der Waals surface area (Å²) in [5.74, 6) is 0. The van der Waals surface area contributed by atoms with Crippen molar-refractivity contribution in [3.05, 3.63) is 78.4 Å². The molecular weight excluding hydrogens is 615 g/mol. The maximum Gasteiger partial charge on any atom is 0.0607 e. The van der Waals surface area contributed by atoms with E-state index in [4.69, 9.17) is 4.98 Å². The molecule has 0 bridgehead atoms. The third kappa shape index (κ3) is 6.16. The summed E-state index contributed by atoms with van der Waals surface area (Å²) in [7, 11) is 0. The van der Waals surface area contributed by atoms with Gasteiger partial charge in [0.2, 0.25) is 0 Å². The Balaban J connectivity index is 0.00000304. The van der Waals surface area contributed by atoms with E-state index < -0.39 is 0 Å². The molecule has 4 aromatic rings. The molecule has 1 aromatic heterocycles. The van der Waals surface area contributed by atoms with Crippen molar-refractivity contribution in [1.82, 2.24) is 4.98 Å². The summed E-state index contributed by atoms with van der Waals surface area (Å²) in [5.41, 5.74) is 9.80. The first-order valence-corrected chi connectivity index (χ1v) is 13.9. The number of nitrogens with zero attached hydrogens (tertiary/aromatic N) is 1. The molecule has 1 nitrogen and oxygen atoms in total. The third-order valence-electron chi connectivity index (χ3n) is 7.56. The molecule has 0 atom stereocenters. The molecular formula is C34H38IrN-. The molecule has 0 saturated heterocycles. The Morgan fingerprint density at radius 2 is 1.28 bits per heavy atom. The fraction of sp³-hybridized carbons (Fsp3) is 0.382. The molecule has 5 rings (SSSR count). The van der Waals surface area contributed by atoms with Crippen molar-refractivity contribution in [2.45, 2.75) is 84.0 Å². The maximum absolute atomic E-state index is 5.02. The van der Waals surface area contributed by atoms with E-state index in [0.717, 1.165) is 23.2 Å². The van der Waals surface area contributed by atoms with Crippen molar-refractivity contribution in [3.8, 4) is 33.5 Å². The third-order valence-corrected chi connectivity index (χ3v) is 7.56. The van der Waals surface area contributed by atoms with Crippen molar-refractivity contribution < 1.29 is 20.1 Å². The van der Waals surface area contributed by atoms with E-state index in [9.17, 15) is 0 Å². The predicted octanol–water partition coefficient (Wildman–Crippen LogP) is 10.2. The van der Waals surface area contributed by atoms with Gasteiger partial charge in [-0.1, -0.05) is 126 Å². The van der Waals surface area contributed by atoms with Crippen molar-refractivity contribution in [3.63, 3.8) is 0 Å². The number of unbranched alkanes of at least 4 members (excludes halogenated alkanes) is 10. The summed E-state index contributed by atoms with van der Waals surface area (Å²) in [6.07, 6.45) is 16.5. The van der Waals surface area contributed by atoms with E-state index in [2.05, 4.69) is 79.7 Å². The van der Waals surface area contributed by atoms with Gasteiger partial charge in [-0.15, -0.1) is 35.4 Å². The van der Waals surface area contributed by atoms with Gasteiger partial charge in [0.1, 0.15) is 0 Å². The fourth-order valence-corrected chi connectivity index (χ4v) is 5.58. The first kappa shape index (κ1) is 26.8. The van der Waals surface area contributed by atoms with Crippen LogP contribution in [0.3, 0.4) is 0 Å². The molecule has 0 amide bonds. The average Bonchev–Trinajstić information content (AvgIpc) is 3.23. The number of hydrogen-bond donors (Lipinski definition) is 0. The topological polar surface area (TPSA) is 12.9 Å². The summed E-state index contributed by atoms with van der Waals surface area (Å²) in [4.78, 5) is 5.02. The van der Waals surface area contributed by atoms with Crippen LogP contribution in [0.2, 0.25) is 0 Å². The fourth-order valence-electron chi connectivity index (χ4n) is 5.58. The smallest absolute Gasteiger partial charge is 0.0607 e. The SMILES string of the molecule is CCCCCCCCCCCCCc1c[c-]c(-c2cc3c4c(cccc4n2)-c2ccccc2-3)cc1.[Ir]. The molecule has 0 aliphatic heterocycles. The molecule has 2 heteroatoms. The summed E-state index contributed by atoms with van der Waals surface area (Å²) in [5, 5.41) is 1.28. The molecule has 0 unspecified atom stereocenters. The minimum Gasteiger partial charge on any atom is -0.296 e. The largest absolute Gasteiger partial charge is 0.296 e. The zero-order chi connectivity index (χ0) is 23.9. The zero-order valence-electron chi connectivity index (χ0n) is 21.6. The van der Waals surface area contributed by atoms with Crippen LogP contribution in [0.15, 0.2) is 66.7 Å². The normalized spacial score (nSPS) is 11.5. The van der Waals surface area contributed by atoms with E-state index in [1.54, 1.807) is 0 Å². The number of pyridine rings is 1. The van der Waals surface area contributed by atoms with Gasteiger partial charge in [-0.25, -0.2) is 0 Å². The van der Waals surface area contributed by atoms with Gasteiger partial charge < -0.3 is 0 Å². The molecule has 189 valence electrons. The average molecular weight is 653 g/mol. The summed E-state index contributed by atoms with van der Waals surface area (Å²) >= 11 is 0. The van der Waals surface area contributed by atoms with Crippen LogP contribution in [-0.2, 0) is 26.5 Å². The van der Waals surface area contributed by atoms with Crippen molar-refractivity contribution in [2.24, 2.45) is 0 Å². The van der Waals surface area contributed by atoms with Gasteiger partial charge in [-0.3, -0.25) is 4.98 Å². The van der Waals surface area contributed by atoms with Crippen LogP contribution < -0.4 is 0 Å². The molecule has 0 N–H and O–H groups in total. The predicted molar refractivity (Wildman–Crippen MR) is 151 cm³/mol. The van der Waals surface area contributed by atoms with Crippen LogP contribution in [0.25, 0.3) is 44.4 Å². The van der Waals surface area contributed by atoms with Gasteiger partial charge in [0.15, 0.2) is 0 Å². The summed E-state index contributed by atoms with van der Waals surface area (Å²) < 4.78 is 0. The Morgan fingerprint density at radius 1 is 0.639 bits per heavy atom. The van der Waals surface area contributed by atoms with Gasteiger partial charge in [-0.2, -0.15) is 0 Å². The molecule has 0 spiro atoms. The standard InChI is InChI=1S/C34H38N.Ir/c1-2-3-4-5-6-7-8-9-10-11-12-16-26-21-23-27(24-22-26)33-25-31-29-18-14-13-17-28(29)30-19-15-20-32(35-33)34(30)31;/h13-15,17-23,25H,2-12,16H2,1H3;/q-1;. The van der Waals surface area contributed by atoms with Gasteiger partial charge >= 0.3 is 0 Å². The Hall–Kier alpha value is -2.28. The van der Waals surface area contributed by atoms with Crippen LogP contribution in [0.1, 0.15) is 83.1 Å². The first-order chi connectivity index (χ1) is 17.3. The molecule has 0 fully saturated rings. The van der Waals surface area contributed by atoms with Crippen molar-refractivity contribution in [2.75, 3.05) is 0 Å². The second-order valence-electron chi connectivity index (χ2n) is 10.2. The summed E-state index contributed by atoms with van der Waals surface area (Å²) in [6, 6.07) is 27.6. The Bertz CT molecular complexity index is 1260. The zero-order valence-corrected chi connectivity index (χ0v) is 24.0. The Kier molecular flexibility index (Phi) is 9.90. The quantitative estimate of drug-likeness (QED) is 0.0911. The molecule has 0 saturated carbocycles. The van der Waals surface area contributed by atoms with E-state index >= 15 is 0 Å². The molecule has 1 radical (unpaired) electrons. The van der Waals surface area contributed by atoms with Crippen molar-refractivity contribution in [1.29, 1.82) is 0 Å². The van der Waals surface area contributed by atoms with Gasteiger partial charge in [0, 0.05) is 25.5 Å². The first-order valence-electron chi connectivity index (χ1n) is 13.9. The van der Waals surface area contributed by atoms with Crippen LogP contribution >= 0.6 is 0 Å². The van der Waals surface area contributed by atoms with Gasteiger partial charge in [0.25, 0.3) is 0 Å². The van der Waals surface area contributed by atoms with Crippen LogP contribution in [0, 0.1) is 6.07 Å². The number of aryl methyl sites for hydroxylation is 1. The van der Waals surface area contributed by atoms with Crippen LogP contribution in [-0.4, -0.2) is 4.98 Å². The van der Waals surface area contributed by atoms with Gasteiger partial charge in [-0.05, 0) is 34.0 Å². The number of hydrogen-bond acceptors (Lipinski definition) is 1. The number of aromatic nitrogens is 1. The second kappa shape index (κ2) is 13.3.